The molecule has 0 unspecified atom stereocenters. The fraction of sp³-hybridized carbons (Fsp3) is 0.143. The van der Waals surface area contributed by atoms with Crippen LogP contribution in [-0.4, -0.2) is 28.6 Å². The Kier molecular flexibility index (Phi) is 5.26. The predicted molar refractivity (Wildman–Crippen MR) is 101 cm³/mol. The van der Waals surface area contributed by atoms with E-state index >= 15 is 0 Å². The van der Waals surface area contributed by atoms with Gasteiger partial charge in [-0.2, -0.15) is 5.10 Å². The fourth-order valence-corrected chi connectivity index (χ4v) is 2.86. The van der Waals surface area contributed by atoms with E-state index in [2.05, 4.69) is 5.10 Å². The highest BCUT2D eigenvalue weighted by atomic mass is 16.5. The largest absolute Gasteiger partial charge is 0.465 e. The first-order valence-electron chi connectivity index (χ1n) is 8.36. The molecule has 0 aliphatic rings. The van der Waals surface area contributed by atoms with E-state index in [-0.39, 0.29) is 17.9 Å². The lowest BCUT2D eigenvalue weighted by Crippen LogP contribution is -2.32. The second-order valence-electron chi connectivity index (χ2n) is 5.99. The number of carbonyl (C=O) groups is 2. The number of hydrogen-bond acceptors (Lipinski definition) is 5. The molecule has 0 N–H and O–H groups in total. The molecule has 136 valence electrons. The molecule has 2 aromatic carbocycles. The molecule has 3 aromatic rings. The fourth-order valence-electron chi connectivity index (χ4n) is 2.86. The van der Waals surface area contributed by atoms with Crippen molar-refractivity contribution >= 4 is 11.8 Å². The first-order chi connectivity index (χ1) is 13.0. The van der Waals surface area contributed by atoms with E-state index in [1.807, 2.05) is 48.5 Å². The SMILES string of the molecule is COC(=O)c1c(-c2ccccc2)c(-c2ccccc2)nn(CC(C)=O)c1=O. The summed E-state index contributed by atoms with van der Waals surface area (Å²) in [7, 11) is 1.22. The standard InChI is InChI=1S/C21H18N2O4/c1-14(24)13-23-20(25)18(21(26)27-2)17(15-9-5-3-6-10-15)19(22-23)16-11-7-4-8-12-16/h3-12H,13H2,1-2H3. The van der Waals surface area contributed by atoms with Gasteiger partial charge in [-0.15, -0.1) is 0 Å². The Morgan fingerprint density at radius 3 is 2.04 bits per heavy atom. The van der Waals surface area contributed by atoms with Gasteiger partial charge < -0.3 is 4.74 Å². The molecule has 0 atom stereocenters. The average Bonchev–Trinajstić information content (AvgIpc) is 2.69. The lowest BCUT2D eigenvalue weighted by molar-refractivity contribution is -0.117. The van der Waals surface area contributed by atoms with Crippen molar-refractivity contribution in [2.45, 2.75) is 13.5 Å². The Hall–Kier alpha value is -3.54. The molecule has 0 amide bonds. The van der Waals surface area contributed by atoms with Crippen LogP contribution in [0.5, 0.6) is 0 Å². The van der Waals surface area contributed by atoms with Crippen LogP contribution in [0.25, 0.3) is 22.4 Å². The molecule has 0 saturated heterocycles. The summed E-state index contributed by atoms with van der Waals surface area (Å²) in [5.74, 6) is -1.01. The van der Waals surface area contributed by atoms with Crippen LogP contribution in [-0.2, 0) is 16.1 Å². The van der Waals surface area contributed by atoms with Gasteiger partial charge in [0.05, 0.1) is 12.8 Å². The molecular weight excluding hydrogens is 344 g/mol. The van der Waals surface area contributed by atoms with Crippen molar-refractivity contribution in [1.29, 1.82) is 0 Å². The molecule has 0 aliphatic carbocycles. The topological polar surface area (TPSA) is 78.3 Å². The van der Waals surface area contributed by atoms with E-state index in [1.54, 1.807) is 12.1 Å². The molecule has 0 aliphatic heterocycles. The molecule has 0 bridgehead atoms. The number of benzene rings is 2. The van der Waals surface area contributed by atoms with E-state index in [1.165, 1.54) is 14.0 Å². The minimum atomic E-state index is -0.768. The van der Waals surface area contributed by atoms with E-state index in [0.717, 1.165) is 10.2 Å². The number of Topliss-reactive ketones (excluding diaryl/α,β-unsaturated/α-hetero) is 1. The highest BCUT2D eigenvalue weighted by molar-refractivity contribution is 6.00. The summed E-state index contributed by atoms with van der Waals surface area (Å²) in [6.07, 6.45) is 0. The molecule has 1 heterocycles. The van der Waals surface area contributed by atoms with Gasteiger partial charge in [0.1, 0.15) is 12.1 Å². The van der Waals surface area contributed by atoms with Crippen molar-refractivity contribution in [2.75, 3.05) is 7.11 Å². The number of methoxy groups -OCH3 is 1. The van der Waals surface area contributed by atoms with Crippen LogP contribution in [0.3, 0.4) is 0 Å². The van der Waals surface area contributed by atoms with Crippen molar-refractivity contribution < 1.29 is 14.3 Å². The number of aromatic nitrogens is 2. The highest BCUT2D eigenvalue weighted by Crippen LogP contribution is 2.32. The zero-order chi connectivity index (χ0) is 19.4. The van der Waals surface area contributed by atoms with Gasteiger partial charge in [0.2, 0.25) is 0 Å². The third-order valence-electron chi connectivity index (χ3n) is 4.03. The molecule has 0 radical (unpaired) electrons. The number of ketones is 1. The molecule has 27 heavy (non-hydrogen) atoms. The van der Waals surface area contributed by atoms with Crippen LogP contribution >= 0.6 is 0 Å². The summed E-state index contributed by atoms with van der Waals surface area (Å²) >= 11 is 0. The smallest absolute Gasteiger partial charge is 0.344 e. The maximum absolute atomic E-state index is 12.9. The van der Waals surface area contributed by atoms with E-state index < -0.39 is 11.5 Å². The second-order valence-corrected chi connectivity index (χ2v) is 5.99. The van der Waals surface area contributed by atoms with Gasteiger partial charge in [0.15, 0.2) is 5.78 Å². The van der Waals surface area contributed by atoms with Crippen LogP contribution in [0.4, 0.5) is 0 Å². The second kappa shape index (κ2) is 7.78. The number of nitrogens with zero attached hydrogens (tertiary/aromatic N) is 2. The average molecular weight is 362 g/mol. The number of ether oxygens (including phenoxy) is 1. The van der Waals surface area contributed by atoms with Crippen molar-refractivity contribution in [1.82, 2.24) is 9.78 Å². The van der Waals surface area contributed by atoms with Crippen LogP contribution in [0, 0.1) is 0 Å². The summed E-state index contributed by atoms with van der Waals surface area (Å²) in [6.45, 7) is 1.14. The van der Waals surface area contributed by atoms with Gasteiger partial charge in [-0.1, -0.05) is 60.7 Å². The van der Waals surface area contributed by atoms with E-state index in [4.69, 9.17) is 4.74 Å². The lowest BCUT2D eigenvalue weighted by atomic mass is 9.95. The predicted octanol–water partition coefficient (Wildman–Crippen LogP) is 2.95. The van der Waals surface area contributed by atoms with Gasteiger partial charge in [-0.25, -0.2) is 9.48 Å². The first kappa shape index (κ1) is 18.3. The number of esters is 1. The van der Waals surface area contributed by atoms with E-state index in [0.29, 0.717) is 16.8 Å². The summed E-state index contributed by atoms with van der Waals surface area (Å²) in [6, 6.07) is 18.3. The zero-order valence-electron chi connectivity index (χ0n) is 15.0. The molecule has 1 aromatic heterocycles. The molecule has 0 fully saturated rings. The van der Waals surface area contributed by atoms with Crippen molar-refractivity contribution in [2.24, 2.45) is 0 Å². The van der Waals surface area contributed by atoms with Crippen molar-refractivity contribution in [3.05, 3.63) is 76.6 Å². The van der Waals surface area contributed by atoms with Gasteiger partial charge >= 0.3 is 5.97 Å². The molecule has 6 nitrogen and oxygen atoms in total. The zero-order valence-corrected chi connectivity index (χ0v) is 15.0. The Labute approximate surface area is 156 Å². The lowest BCUT2D eigenvalue weighted by Gasteiger charge is -2.16. The maximum atomic E-state index is 12.9. The third-order valence-corrected chi connectivity index (χ3v) is 4.03. The van der Waals surface area contributed by atoms with Crippen LogP contribution in [0.1, 0.15) is 17.3 Å². The highest BCUT2D eigenvalue weighted by Gasteiger charge is 2.25. The molecule has 0 saturated carbocycles. The van der Waals surface area contributed by atoms with Gasteiger partial charge in [-0.3, -0.25) is 9.59 Å². The third kappa shape index (κ3) is 3.69. The normalized spacial score (nSPS) is 10.4. The number of rotatable bonds is 5. The van der Waals surface area contributed by atoms with Crippen molar-refractivity contribution in [3.8, 4) is 22.4 Å². The van der Waals surface area contributed by atoms with E-state index in [9.17, 15) is 14.4 Å². The van der Waals surface area contributed by atoms with Crippen LogP contribution < -0.4 is 5.56 Å². The van der Waals surface area contributed by atoms with Crippen molar-refractivity contribution in [3.63, 3.8) is 0 Å². The first-order valence-corrected chi connectivity index (χ1v) is 8.36. The quantitative estimate of drug-likeness (QED) is 0.652. The Balaban J connectivity index is 2.44. The molecule has 3 rings (SSSR count). The minimum Gasteiger partial charge on any atom is -0.465 e. The summed E-state index contributed by atoms with van der Waals surface area (Å²) in [5, 5.41) is 4.41. The monoisotopic (exact) mass is 362 g/mol. The summed E-state index contributed by atoms with van der Waals surface area (Å²) in [5.41, 5.74) is 1.41. The van der Waals surface area contributed by atoms with Crippen LogP contribution in [0.15, 0.2) is 65.5 Å². The van der Waals surface area contributed by atoms with Gasteiger partial charge in [-0.05, 0) is 12.5 Å². The molecular formula is C21H18N2O4. The Morgan fingerprint density at radius 2 is 1.52 bits per heavy atom. The maximum Gasteiger partial charge on any atom is 0.344 e. The van der Waals surface area contributed by atoms with Gasteiger partial charge in [0.25, 0.3) is 5.56 Å². The summed E-state index contributed by atoms with van der Waals surface area (Å²) < 4.78 is 5.88. The summed E-state index contributed by atoms with van der Waals surface area (Å²) in [4.78, 5) is 37.0. The minimum absolute atomic E-state index is 0.140. The number of carbonyl (C=O) groups excluding carboxylic acids is 2. The Morgan fingerprint density at radius 1 is 0.963 bits per heavy atom. The number of hydrogen-bond donors (Lipinski definition) is 0. The molecule has 0 spiro atoms. The molecule has 6 heteroatoms. The van der Waals surface area contributed by atoms with Crippen LogP contribution in [0.2, 0.25) is 0 Å². The Bertz CT molecular complexity index is 1040. The van der Waals surface area contributed by atoms with Gasteiger partial charge in [0, 0.05) is 11.1 Å².